The van der Waals surface area contributed by atoms with Crippen LogP contribution in [0.15, 0.2) is 53.6 Å². The third-order valence-corrected chi connectivity index (χ3v) is 3.38. The van der Waals surface area contributed by atoms with Crippen LogP contribution in [0.1, 0.15) is 29.3 Å². The Bertz CT molecular complexity index is 694. The Morgan fingerprint density at radius 3 is 2.54 bits per heavy atom. The highest BCUT2D eigenvalue weighted by atomic mass is 16.5. The van der Waals surface area contributed by atoms with Crippen molar-refractivity contribution in [3.63, 3.8) is 0 Å². The summed E-state index contributed by atoms with van der Waals surface area (Å²) in [6.07, 6.45) is 2.50. The van der Waals surface area contributed by atoms with E-state index in [2.05, 4.69) is 10.5 Å². The van der Waals surface area contributed by atoms with Crippen molar-refractivity contribution in [2.45, 2.75) is 13.3 Å². The first-order valence-corrected chi connectivity index (χ1v) is 7.94. The van der Waals surface area contributed by atoms with Crippen LogP contribution in [0.4, 0.5) is 5.69 Å². The monoisotopic (exact) mass is 325 g/mol. The van der Waals surface area contributed by atoms with Gasteiger partial charge in [0.2, 0.25) is 0 Å². The fraction of sp³-hybridized carbons (Fsp3) is 0.263. The van der Waals surface area contributed by atoms with Gasteiger partial charge in [0.25, 0.3) is 5.91 Å². The van der Waals surface area contributed by atoms with E-state index in [0.717, 1.165) is 17.7 Å². The minimum Gasteiger partial charge on any atom is -0.493 e. The third-order valence-electron chi connectivity index (χ3n) is 3.38. The molecule has 0 aromatic heterocycles. The lowest BCUT2D eigenvalue weighted by Crippen LogP contribution is -2.18. The van der Waals surface area contributed by atoms with Crippen LogP contribution >= 0.6 is 0 Å². The molecule has 2 rings (SSSR count). The van der Waals surface area contributed by atoms with Gasteiger partial charge in [-0.25, -0.2) is 5.43 Å². The van der Waals surface area contributed by atoms with Gasteiger partial charge in [-0.05, 0) is 36.2 Å². The SMILES string of the molecule is CCCOc1ccccc1C(=O)N/N=C/c1ccc(N(C)C)cc1. The molecule has 0 aliphatic rings. The van der Waals surface area contributed by atoms with Gasteiger partial charge in [0.15, 0.2) is 0 Å². The molecule has 0 aliphatic heterocycles. The molecule has 24 heavy (non-hydrogen) atoms. The Labute approximate surface area is 142 Å². The summed E-state index contributed by atoms with van der Waals surface area (Å²) >= 11 is 0. The van der Waals surface area contributed by atoms with Crippen LogP contribution in [0.2, 0.25) is 0 Å². The van der Waals surface area contributed by atoms with E-state index in [1.54, 1.807) is 24.4 Å². The minimum absolute atomic E-state index is 0.289. The van der Waals surface area contributed by atoms with Crippen molar-refractivity contribution in [2.24, 2.45) is 5.10 Å². The lowest BCUT2D eigenvalue weighted by molar-refractivity contribution is 0.0951. The van der Waals surface area contributed by atoms with Crippen molar-refractivity contribution in [1.82, 2.24) is 5.43 Å². The Kier molecular flexibility index (Phi) is 6.37. The highest BCUT2D eigenvalue weighted by molar-refractivity contribution is 5.97. The van der Waals surface area contributed by atoms with Crippen LogP contribution in [0.25, 0.3) is 0 Å². The second-order valence-electron chi connectivity index (χ2n) is 5.53. The van der Waals surface area contributed by atoms with Gasteiger partial charge in [-0.1, -0.05) is 31.2 Å². The summed E-state index contributed by atoms with van der Waals surface area (Å²) in [4.78, 5) is 14.3. The van der Waals surface area contributed by atoms with E-state index in [0.29, 0.717) is 17.9 Å². The number of amides is 1. The highest BCUT2D eigenvalue weighted by Gasteiger charge is 2.10. The van der Waals surface area contributed by atoms with Gasteiger partial charge in [-0.3, -0.25) is 4.79 Å². The molecular formula is C19H23N3O2. The van der Waals surface area contributed by atoms with Crippen molar-refractivity contribution in [3.05, 3.63) is 59.7 Å². The van der Waals surface area contributed by atoms with Gasteiger partial charge in [-0.15, -0.1) is 0 Å². The number of anilines is 1. The first kappa shape index (κ1) is 17.5. The number of hydrazone groups is 1. The summed E-state index contributed by atoms with van der Waals surface area (Å²) in [5, 5.41) is 4.02. The molecule has 0 bridgehead atoms. The minimum atomic E-state index is -0.289. The largest absolute Gasteiger partial charge is 0.493 e. The summed E-state index contributed by atoms with van der Waals surface area (Å²) in [5.41, 5.74) is 5.04. The van der Waals surface area contributed by atoms with Crippen molar-refractivity contribution in [2.75, 3.05) is 25.6 Å². The molecule has 0 atom stereocenters. The van der Waals surface area contributed by atoms with Gasteiger partial charge >= 0.3 is 0 Å². The van der Waals surface area contributed by atoms with E-state index < -0.39 is 0 Å². The number of para-hydroxylation sites is 1. The number of rotatable bonds is 7. The van der Waals surface area contributed by atoms with Gasteiger partial charge in [-0.2, -0.15) is 5.10 Å². The topological polar surface area (TPSA) is 53.9 Å². The molecule has 0 spiro atoms. The number of carbonyl (C=O) groups excluding carboxylic acids is 1. The van der Waals surface area contributed by atoms with Gasteiger partial charge < -0.3 is 9.64 Å². The molecule has 5 heteroatoms. The molecule has 1 N–H and O–H groups in total. The van der Waals surface area contributed by atoms with Gasteiger partial charge in [0.05, 0.1) is 18.4 Å². The summed E-state index contributed by atoms with van der Waals surface area (Å²) in [7, 11) is 3.97. The number of benzene rings is 2. The number of ether oxygens (including phenoxy) is 1. The van der Waals surface area contributed by atoms with Crippen LogP contribution in [0, 0.1) is 0 Å². The molecule has 0 saturated heterocycles. The summed E-state index contributed by atoms with van der Waals surface area (Å²) < 4.78 is 5.59. The molecule has 0 radical (unpaired) electrons. The Morgan fingerprint density at radius 2 is 1.88 bits per heavy atom. The molecule has 2 aromatic carbocycles. The van der Waals surface area contributed by atoms with E-state index in [1.807, 2.05) is 56.3 Å². The first-order chi connectivity index (χ1) is 11.6. The molecule has 2 aromatic rings. The van der Waals surface area contributed by atoms with Crippen molar-refractivity contribution in [3.8, 4) is 5.75 Å². The molecule has 0 aliphatic carbocycles. The van der Waals surface area contributed by atoms with Crippen LogP contribution in [0.3, 0.4) is 0 Å². The summed E-state index contributed by atoms with van der Waals surface area (Å²) in [6, 6.07) is 15.0. The van der Waals surface area contributed by atoms with Crippen LogP contribution in [-0.2, 0) is 0 Å². The molecule has 0 fully saturated rings. The van der Waals surface area contributed by atoms with Gasteiger partial charge in [0, 0.05) is 19.8 Å². The average Bonchev–Trinajstić information content (AvgIpc) is 2.60. The number of nitrogens with zero attached hydrogens (tertiary/aromatic N) is 2. The third kappa shape index (κ3) is 4.84. The van der Waals surface area contributed by atoms with E-state index in [4.69, 9.17) is 4.74 Å². The molecule has 126 valence electrons. The lowest BCUT2D eigenvalue weighted by Gasteiger charge is -2.11. The smallest absolute Gasteiger partial charge is 0.275 e. The number of carbonyl (C=O) groups is 1. The quantitative estimate of drug-likeness (QED) is 0.628. The molecule has 1 amide bonds. The Morgan fingerprint density at radius 1 is 1.17 bits per heavy atom. The molecule has 5 nitrogen and oxygen atoms in total. The predicted octanol–water partition coefficient (Wildman–Crippen LogP) is 3.31. The summed E-state index contributed by atoms with van der Waals surface area (Å²) in [5.74, 6) is 0.283. The maximum Gasteiger partial charge on any atom is 0.275 e. The zero-order chi connectivity index (χ0) is 17.4. The van der Waals surface area contributed by atoms with E-state index >= 15 is 0 Å². The maximum atomic E-state index is 12.3. The molecule has 0 heterocycles. The number of hydrogen-bond acceptors (Lipinski definition) is 4. The van der Waals surface area contributed by atoms with E-state index in [-0.39, 0.29) is 5.91 Å². The number of hydrogen-bond donors (Lipinski definition) is 1. The Balaban J connectivity index is 2.00. The molecular weight excluding hydrogens is 302 g/mol. The van der Waals surface area contributed by atoms with E-state index in [1.165, 1.54) is 0 Å². The molecule has 0 saturated carbocycles. The van der Waals surface area contributed by atoms with E-state index in [9.17, 15) is 4.79 Å². The normalized spacial score (nSPS) is 10.6. The van der Waals surface area contributed by atoms with Crippen LogP contribution in [-0.4, -0.2) is 32.8 Å². The number of nitrogens with one attached hydrogen (secondary N) is 1. The fourth-order valence-corrected chi connectivity index (χ4v) is 2.08. The van der Waals surface area contributed by atoms with Crippen molar-refractivity contribution < 1.29 is 9.53 Å². The van der Waals surface area contributed by atoms with Crippen molar-refractivity contribution in [1.29, 1.82) is 0 Å². The Hall–Kier alpha value is -2.82. The maximum absolute atomic E-state index is 12.3. The second-order valence-corrected chi connectivity index (χ2v) is 5.53. The second kappa shape index (κ2) is 8.72. The predicted molar refractivity (Wildman–Crippen MR) is 98.1 cm³/mol. The molecule has 0 unspecified atom stereocenters. The highest BCUT2D eigenvalue weighted by Crippen LogP contribution is 2.18. The lowest BCUT2D eigenvalue weighted by atomic mass is 10.2. The fourth-order valence-electron chi connectivity index (χ4n) is 2.08. The zero-order valence-corrected chi connectivity index (χ0v) is 14.3. The average molecular weight is 325 g/mol. The van der Waals surface area contributed by atoms with Crippen LogP contribution in [0.5, 0.6) is 5.75 Å². The first-order valence-electron chi connectivity index (χ1n) is 7.94. The summed E-state index contributed by atoms with van der Waals surface area (Å²) in [6.45, 7) is 2.60. The zero-order valence-electron chi connectivity index (χ0n) is 14.3. The standard InChI is InChI=1S/C19H23N3O2/c1-4-13-24-18-8-6-5-7-17(18)19(23)21-20-14-15-9-11-16(12-10-15)22(2)3/h5-12,14H,4,13H2,1-3H3,(H,21,23)/b20-14+. The van der Waals surface area contributed by atoms with Crippen molar-refractivity contribution >= 4 is 17.8 Å². The van der Waals surface area contributed by atoms with Gasteiger partial charge in [0.1, 0.15) is 5.75 Å². The van der Waals surface area contributed by atoms with Crippen LogP contribution < -0.4 is 15.1 Å².